The van der Waals surface area contributed by atoms with Gasteiger partial charge in [0, 0.05) is 25.9 Å². The molecule has 1 saturated heterocycles. The maximum absolute atomic E-state index is 13.1. The fourth-order valence-corrected chi connectivity index (χ4v) is 1.92. The fourth-order valence-electron chi connectivity index (χ4n) is 1.92. The van der Waals surface area contributed by atoms with E-state index in [4.69, 9.17) is 0 Å². The van der Waals surface area contributed by atoms with E-state index in [-0.39, 0.29) is 11.7 Å². The number of carbonyl (C=O) groups excluding carboxylic acids is 2. The molecule has 0 aliphatic carbocycles. The van der Waals surface area contributed by atoms with Crippen molar-refractivity contribution >= 4 is 17.9 Å². The zero-order chi connectivity index (χ0) is 12.3. The molecule has 1 heterocycles. The summed E-state index contributed by atoms with van der Waals surface area (Å²) in [6.45, 7) is 1.05. The number of nitrogens with zero attached hydrogens (tertiary/aromatic N) is 2. The number of hydrazine groups is 1. The van der Waals surface area contributed by atoms with Gasteiger partial charge in [0.05, 0.1) is 5.69 Å². The number of halogens is 1. The summed E-state index contributed by atoms with van der Waals surface area (Å²) >= 11 is 0. The molecule has 1 aromatic rings. The number of aldehydes is 1. The molecule has 0 N–H and O–H groups in total. The minimum absolute atomic E-state index is 0.0681. The van der Waals surface area contributed by atoms with E-state index in [0.29, 0.717) is 31.6 Å². The molecule has 5 heteroatoms. The summed E-state index contributed by atoms with van der Waals surface area (Å²) in [5, 5.41) is 3.22. The Balaban J connectivity index is 2.21. The smallest absolute Gasteiger partial charge is 0.242 e. The summed E-state index contributed by atoms with van der Waals surface area (Å²) in [7, 11) is 0. The lowest BCUT2D eigenvalue weighted by molar-refractivity contribution is -0.118. The van der Waals surface area contributed by atoms with Gasteiger partial charge in [0.1, 0.15) is 12.1 Å². The lowest BCUT2D eigenvalue weighted by Crippen LogP contribution is -2.39. The summed E-state index contributed by atoms with van der Waals surface area (Å²) in [6, 6.07) is 5.89. The fraction of sp³-hybridized carbons (Fsp3) is 0.333. The molecule has 4 nitrogen and oxygen atoms in total. The quantitative estimate of drug-likeness (QED) is 0.741. The maximum atomic E-state index is 13.1. The summed E-state index contributed by atoms with van der Waals surface area (Å²) < 4.78 is 13.1. The molecule has 1 aliphatic heterocycles. The lowest BCUT2D eigenvalue weighted by Gasteiger charge is -2.27. The van der Waals surface area contributed by atoms with Gasteiger partial charge in [-0.15, -0.1) is 0 Å². The maximum Gasteiger partial charge on any atom is 0.242 e. The van der Waals surface area contributed by atoms with Gasteiger partial charge in [-0.2, -0.15) is 0 Å². The monoisotopic (exact) mass is 236 g/mol. The number of hydrogen-bond donors (Lipinski definition) is 0. The van der Waals surface area contributed by atoms with Crippen LogP contribution in [0.3, 0.4) is 0 Å². The van der Waals surface area contributed by atoms with E-state index < -0.39 is 0 Å². The molecule has 1 fully saturated rings. The van der Waals surface area contributed by atoms with Crippen molar-refractivity contribution in [2.45, 2.75) is 12.8 Å². The van der Waals surface area contributed by atoms with Crippen LogP contribution in [0.5, 0.6) is 0 Å². The van der Waals surface area contributed by atoms with Gasteiger partial charge in [-0.1, -0.05) is 6.07 Å². The van der Waals surface area contributed by atoms with Gasteiger partial charge in [0.25, 0.3) is 0 Å². The van der Waals surface area contributed by atoms with Crippen molar-refractivity contribution < 1.29 is 14.0 Å². The molecule has 0 saturated carbocycles. The average molecular weight is 236 g/mol. The molecular weight excluding hydrogens is 223 g/mol. The van der Waals surface area contributed by atoms with Crippen LogP contribution in [0, 0.1) is 5.82 Å². The summed E-state index contributed by atoms with van der Waals surface area (Å²) in [6.07, 6.45) is 1.57. The molecule has 0 radical (unpaired) electrons. The highest BCUT2D eigenvalue weighted by atomic mass is 19.1. The zero-order valence-electron chi connectivity index (χ0n) is 9.30. The van der Waals surface area contributed by atoms with E-state index in [2.05, 4.69) is 0 Å². The van der Waals surface area contributed by atoms with Crippen molar-refractivity contribution in [2.75, 3.05) is 18.1 Å². The highest BCUT2D eigenvalue weighted by Gasteiger charge is 2.29. The van der Waals surface area contributed by atoms with Crippen LogP contribution in [0.25, 0.3) is 0 Å². The van der Waals surface area contributed by atoms with Crippen LogP contribution in [0.4, 0.5) is 10.1 Å². The molecule has 0 unspecified atom stereocenters. The predicted molar refractivity (Wildman–Crippen MR) is 60.8 cm³/mol. The molecule has 1 amide bonds. The van der Waals surface area contributed by atoms with E-state index in [1.54, 1.807) is 17.1 Å². The Morgan fingerprint density at radius 2 is 2.24 bits per heavy atom. The average Bonchev–Trinajstić information content (AvgIpc) is 2.68. The Kier molecular flexibility index (Phi) is 3.49. The van der Waals surface area contributed by atoms with E-state index in [1.165, 1.54) is 17.1 Å². The number of amides is 1. The van der Waals surface area contributed by atoms with Gasteiger partial charge < -0.3 is 4.79 Å². The van der Waals surface area contributed by atoms with Crippen molar-refractivity contribution in [3.63, 3.8) is 0 Å². The molecule has 0 aromatic heterocycles. The topological polar surface area (TPSA) is 40.6 Å². The Bertz CT molecular complexity index is 436. The molecule has 1 aliphatic rings. The number of rotatable bonds is 4. The Hall–Kier alpha value is -1.75. The van der Waals surface area contributed by atoms with Crippen LogP contribution in [-0.4, -0.2) is 30.3 Å². The van der Waals surface area contributed by atoms with Crippen molar-refractivity contribution in [1.29, 1.82) is 0 Å². The standard InChI is InChI=1S/C12H13FN2O2/c13-10-3-1-4-11(9-10)15-12(17)5-7-14(15)6-2-8-16/h1,3-4,8-9H,2,5-7H2. The first-order valence-corrected chi connectivity index (χ1v) is 5.49. The summed E-state index contributed by atoms with van der Waals surface area (Å²) in [5.74, 6) is -0.445. The minimum atomic E-state index is -0.377. The molecule has 0 spiro atoms. The van der Waals surface area contributed by atoms with Crippen molar-refractivity contribution in [2.24, 2.45) is 0 Å². The highest BCUT2D eigenvalue weighted by molar-refractivity contribution is 5.94. The number of anilines is 1. The molecule has 1 aromatic carbocycles. The second-order valence-corrected chi connectivity index (χ2v) is 3.84. The number of benzene rings is 1. The van der Waals surface area contributed by atoms with Crippen molar-refractivity contribution in [1.82, 2.24) is 5.01 Å². The molecule has 90 valence electrons. The van der Waals surface area contributed by atoms with Gasteiger partial charge in [-0.25, -0.2) is 14.4 Å². The SMILES string of the molecule is O=CCCN1CCC(=O)N1c1cccc(F)c1. The third-order valence-corrected chi connectivity index (χ3v) is 2.66. The second kappa shape index (κ2) is 5.05. The van der Waals surface area contributed by atoms with E-state index in [0.717, 1.165) is 6.29 Å². The predicted octanol–water partition coefficient (Wildman–Crippen LogP) is 1.37. The van der Waals surface area contributed by atoms with E-state index >= 15 is 0 Å². The molecule has 2 rings (SSSR count). The summed E-state index contributed by atoms with van der Waals surface area (Å²) in [5.41, 5.74) is 0.512. The molecule has 17 heavy (non-hydrogen) atoms. The number of carbonyl (C=O) groups is 2. The van der Waals surface area contributed by atoms with E-state index in [9.17, 15) is 14.0 Å². The van der Waals surface area contributed by atoms with E-state index in [1.807, 2.05) is 0 Å². The third-order valence-electron chi connectivity index (χ3n) is 2.66. The second-order valence-electron chi connectivity index (χ2n) is 3.84. The van der Waals surface area contributed by atoms with Crippen molar-refractivity contribution in [3.8, 4) is 0 Å². The Morgan fingerprint density at radius 3 is 2.94 bits per heavy atom. The van der Waals surface area contributed by atoms with Crippen LogP contribution in [-0.2, 0) is 9.59 Å². The zero-order valence-corrected chi connectivity index (χ0v) is 9.30. The van der Waals surface area contributed by atoms with Gasteiger partial charge in [0.2, 0.25) is 5.91 Å². The first-order chi connectivity index (χ1) is 8.22. The first kappa shape index (κ1) is 11.7. The summed E-state index contributed by atoms with van der Waals surface area (Å²) in [4.78, 5) is 22.1. The highest BCUT2D eigenvalue weighted by Crippen LogP contribution is 2.23. The van der Waals surface area contributed by atoms with Crippen LogP contribution in [0.15, 0.2) is 24.3 Å². The van der Waals surface area contributed by atoms with Gasteiger partial charge >= 0.3 is 0 Å². The molecular formula is C12H13FN2O2. The third kappa shape index (κ3) is 2.50. The van der Waals surface area contributed by atoms with Gasteiger partial charge in [-0.3, -0.25) is 4.79 Å². The van der Waals surface area contributed by atoms with Gasteiger partial charge in [-0.05, 0) is 18.2 Å². The van der Waals surface area contributed by atoms with Gasteiger partial charge in [0.15, 0.2) is 0 Å². The largest absolute Gasteiger partial charge is 0.303 e. The minimum Gasteiger partial charge on any atom is -0.303 e. The normalized spacial score (nSPS) is 16.5. The molecule has 0 atom stereocenters. The van der Waals surface area contributed by atoms with Crippen LogP contribution in [0.2, 0.25) is 0 Å². The Morgan fingerprint density at radius 1 is 1.41 bits per heavy atom. The van der Waals surface area contributed by atoms with Crippen LogP contribution in [0.1, 0.15) is 12.8 Å². The first-order valence-electron chi connectivity index (χ1n) is 5.49. The number of hydrogen-bond acceptors (Lipinski definition) is 3. The Labute approximate surface area is 98.6 Å². The van der Waals surface area contributed by atoms with Crippen LogP contribution < -0.4 is 5.01 Å². The van der Waals surface area contributed by atoms with Crippen molar-refractivity contribution in [3.05, 3.63) is 30.1 Å². The van der Waals surface area contributed by atoms with Crippen LogP contribution >= 0.6 is 0 Å². The lowest BCUT2D eigenvalue weighted by atomic mass is 10.3. The molecule has 0 bridgehead atoms.